The second kappa shape index (κ2) is 6.56. The highest BCUT2D eigenvalue weighted by molar-refractivity contribution is 7.94. The lowest BCUT2D eigenvalue weighted by atomic mass is 10.0. The smallest absolute Gasteiger partial charge is 0.244 e. The van der Waals surface area contributed by atoms with Gasteiger partial charge in [0.05, 0.1) is 4.90 Å². The molecule has 10 heteroatoms. The molecular formula is C17H20ClN5O3S. The molecular weight excluding hydrogens is 390 g/mol. The first-order valence-electron chi connectivity index (χ1n) is 8.88. The Morgan fingerprint density at radius 2 is 1.96 bits per heavy atom. The van der Waals surface area contributed by atoms with Crippen LogP contribution in [0, 0.1) is 0 Å². The van der Waals surface area contributed by atoms with E-state index in [0.29, 0.717) is 23.7 Å². The van der Waals surface area contributed by atoms with Gasteiger partial charge in [-0.2, -0.15) is 5.21 Å². The first-order chi connectivity index (χ1) is 12.9. The molecule has 8 nitrogen and oxygen atoms in total. The zero-order valence-corrected chi connectivity index (χ0v) is 16.4. The molecule has 0 spiro atoms. The van der Waals surface area contributed by atoms with E-state index in [0.717, 1.165) is 19.3 Å². The fraction of sp³-hybridized carbons (Fsp3) is 0.529. The fourth-order valence-corrected chi connectivity index (χ4v) is 6.14. The number of benzene rings is 1. The van der Waals surface area contributed by atoms with Crippen LogP contribution in [0.3, 0.4) is 0 Å². The number of hydrogen-bond donors (Lipinski definition) is 1. The lowest BCUT2D eigenvalue weighted by molar-refractivity contribution is -0.132. The molecule has 27 heavy (non-hydrogen) atoms. The third kappa shape index (κ3) is 2.93. The molecule has 1 heterocycles. The Balaban J connectivity index is 1.61. The summed E-state index contributed by atoms with van der Waals surface area (Å²) in [6, 6.07) is 5.85. The zero-order chi connectivity index (χ0) is 19.2. The number of carbonyl (C=O) groups excluding carboxylic acids is 1. The summed E-state index contributed by atoms with van der Waals surface area (Å²) < 4.78 is 25.0. The summed E-state index contributed by atoms with van der Waals surface area (Å²) in [5, 5.41) is 14.6. The second-order valence-electron chi connectivity index (χ2n) is 7.24. The van der Waals surface area contributed by atoms with Crippen LogP contribution >= 0.6 is 11.6 Å². The number of rotatable bonds is 5. The minimum atomic E-state index is -3.79. The van der Waals surface area contributed by atoms with Gasteiger partial charge in [0.1, 0.15) is 0 Å². The first kappa shape index (κ1) is 18.4. The molecule has 2 unspecified atom stereocenters. The molecule has 1 aromatic heterocycles. The van der Waals surface area contributed by atoms with Crippen LogP contribution in [0.15, 0.2) is 29.2 Å². The van der Waals surface area contributed by atoms with Crippen molar-refractivity contribution in [2.45, 2.75) is 53.7 Å². The standard InChI is InChI=1S/C17H20ClN5O3S/c1-23(14-4-2-3-13(14)15-19-21-22-20-15)16(24)17(9-10-17)27(25,26)12-7-5-11(18)6-8-12/h5-8,13-14H,2-4,9-10H2,1H3,(H,19,20,21,22). The van der Waals surface area contributed by atoms with Crippen molar-refractivity contribution in [1.29, 1.82) is 0 Å². The van der Waals surface area contributed by atoms with Gasteiger partial charge in [-0.3, -0.25) is 4.79 Å². The van der Waals surface area contributed by atoms with Gasteiger partial charge in [0.25, 0.3) is 0 Å². The summed E-state index contributed by atoms with van der Waals surface area (Å²) >= 11 is 5.87. The summed E-state index contributed by atoms with van der Waals surface area (Å²) in [7, 11) is -2.11. The van der Waals surface area contributed by atoms with Gasteiger partial charge in [-0.05, 0) is 49.9 Å². The number of H-pyrrole nitrogens is 1. The van der Waals surface area contributed by atoms with E-state index >= 15 is 0 Å². The average Bonchev–Trinajstić information content (AvgIpc) is 3.07. The Kier molecular flexibility index (Phi) is 4.46. The molecule has 2 aromatic rings. The quantitative estimate of drug-likeness (QED) is 0.808. The molecule has 2 saturated carbocycles. The lowest BCUT2D eigenvalue weighted by Crippen LogP contribution is -2.48. The van der Waals surface area contributed by atoms with Crippen molar-refractivity contribution in [3.8, 4) is 0 Å². The van der Waals surface area contributed by atoms with Crippen molar-refractivity contribution in [2.75, 3.05) is 7.05 Å². The monoisotopic (exact) mass is 409 g/mol. The van der Waals surface area contributed by atoms with Crippen molar-refractivity contribution in [3.63, 3.8) is 0 Å². The summed E-state index contributed by atoms with van der Waals surface area (Å²) in [5.41, 5.74) is 0. The van der Waals surface area contributed by atoms with Gasteiger partial charge in [0.15, 0.2) is 20.4 Å². The van der Waals surface area contributed by atoms with Gasteiger partial charge in [0.2, 0.25) is 5.91 Å². The maximum absolute atomic E-state index is 13.3. The maximum Gasteiger partial charge on any atom is 0.244 e. The molecule has 1 amide bonds. The fourth-order valence-electron chi connectivity index (χ4n) is 4.05. The van der Waals surface area contributed by atoms with E-state index in [9.17, 15) is 13.2 Å². The third-order valence-electron chi connectivity index (χ3n) is 5.72. The minimum absolute atomic E-state index is 0.0354. The Morgan fingerprint density at radius 1 is 1.26 bits per heavy atom. The third-order valence-corrected chi connectivity index (χ3v) is 8.48. The first-order valence-corrected chi connectivity index (χ1v) is 10.7. The number of carbonyl (C=O) groups is 1. The minimum Gasteiger partial charge on any atom is -0.341 e. The lowest BCUT2D eigenvalue weighted by Gasteiger charge is -2.31. The molecule has 2 aliphatic carbocycles. The number of likely N-dealkylation sites (N-methyl/N-ethyl adjacent to an activating group) is 1. The normalized spacial score (nSPS) is 23.9. The Bertz CT molecular complexity index is 941. The highest BCUT2D eigenvalue weighted by atomic mass is 35.5. The van der Waals surface area contributed by atoms with Crippen LogP contribution in [0.1, 0.15) is 43.8 Å². The SMILES string of the molecule is CN(C(=O)C1(S(=O)(=O)c2ccc(Cl)cc2)CC1)C1CCCC1c1nn[nH]n1. The van der Waals surface area contributed by atoms with E-state index in [2.05, 4.69) is 20.6 Å². The van der Waals surface area contributed by atoms with E-state index in [1.807, 2.05) is 0 Å². The van der Waals surface area contributed by atoms with Crippen LogP contribution in [0.25, 0.3) is 0 Å². The van der Waals surface area contributed by atoms with E-state index in [-0.39, 0.29) is 22.8 Å². The van der Waals surface area contributed by atoms with Crippen molar-refractivity contribution in [1.82, 2.24) is 25.5 Å². The van der Waals surface area contributed by atoms with Crippen molar-refractivity contribution < 1.29 is 13.2 Å². The number of tetrazole rings is 1. The number of halogens is 1. The number of aromatic nitrogens is 4. The van der Waals surface area contributed by atoms with Crippen LogP contribution in [0.2, 0.25) is 5.02 Å². The average molecular weight is 410 g/mol. The highest BCUT2D eigenvalue weighted by Crippen LogP contribution is 2.49. The Morgan fingerprint density at radius 3 is 2.56 bits per heavy atom. The maximum atomic E-state index is 13.3. The van der Waals surface area contributed by atoms with E-state index in [1.54, 1.807) is 11.9 Å². The number of nitrogens with zero attached hydrogens (tertiary/aromatic N) is 4. The van der Waals surface area contributed by atoms with Gasteiger partial charge >= 0.3 is 0 Å². The molecule has 0 aliphatic heterocycles. The summed E-state index contributed by atoms with van der Waals surface area (Å²) in [4.78, 5) is 15.0. The van der Waals surface area contributed by atoms with E-state index in [4.69, 9.17) is 11.6 Å². The Labute approximate surface area is 162 Å². The molecule has 2 fully saturated rings. The molecule has 144 valence electrons. The predicted molar refractivity (Wildman–Crippen MR) is 97.9 cm³/mol. The van der Waals surface area contributed by atoms with Crippen molar-refractivity contribution in [2.24, 2.45) is 0 Å². The van der Waals surface area contributed by atoms with Gasteiger partial charge in [-0.25, -0.2) is 8.42 Å². The molecule has 2 aliphatic rings. The van der Waals surface area contributed by atoms with E-state index < -0.39 is 14.6 Å². The highest BCUT2D eigenvalue weighted by Gasteiger charge is 2.62. The second-order valence-corrected chi connectivity index (χ2v) is 9.94. The molecule has 4 rings (SSSR count). The molecule has 0 radical (unpaired) electrons. The molecule has 1 aromatic carbocycles. The van der Waals surface area contributed by atoms with Crippen molar-refractivity contribution >= 4 is 27.3 Å². The van der Waals surface area contributed by atoms with E-state index in [1.165, 1.54) is 24.3 Å². The van der Waals surface area contributed by atoms with Gasteiger partial charge in [-0.15, -0.1) is 10.2 Å². The number of amides is 1. The number of hydrogen-bond acceptors (Lipinski definition) is 6. The summed E-state index contributed by atoms with van der Waals surface area (Å²) in [6.07, 6.45) is 3.23. The molecule has 0 saturated heterocycles. The molecule has 1 N–H and O–H groups in total. The summed E-state index contributed by atoms with van der Waals surface area (Å²) in [6.45, 7) is 0. The van der Waals surface area contributed by atoms with Crippen LogP contribution in [0.5, 0.6) is 0 Å². The largest absolute Gasteiger partial charge is 0.341 e. The van der Waals surface area contributed by atoms with Gasteiger partial charge in [-0.1, -0.05) is 23.2 Å². The van der Waals surface area contributed by atoms with Gasteiger partial charge < -0.3 is 4.90 Å². The summed E-state index contributed by atoms with van der Waals surface area (Å²) in [5.74, 6) is 0.187. The number of sulfone groups is 1. The molecule has 0 bridgehead atoms. The molecule has 2 atom stereocenters. The van der Waals surface area contributed by atoms with Crippen LogP contribution in [-0.4, -0.2) is 57.7 Å². The topological polar surface area (TPSA) is 109 Å². The van der Waals surface area contributed by atoms with Crippen molar-refractivity contribution in [3.05, 3.63) is 35.1 Å². The predicted octanol–water partition coefficient (Wildman–Crippen LogP) is 1.95. The van der Waals surface area contributed by atoms with Crippen LogP contribution in [0.4, 0.5) is 0 Å². The van der Waals surface area contributed by atoms with Gasteiger partial charge in [0, 0.05) is 24.0 Å². The zero-order valence-electron chi connectivity index (χ0n) is 14.8. The van der Waals surface area contributed by atoms with Crippen LogP contribution < -0.4 is 0 Å². The van der Waals surface area contributed by atoms with Crippen LogP contribution in [-0.2, 0) is 14.6 Å². The number of aromatic amines is 1. The number of nitrogens with one attached hydrogen (secondary N) is 1. The Hall–Kier alpha value is -2.00.